The molecule has 0 bridgehead atoms. The normalized spacial score (nSPS) is 22.5. The molecular weight excluding hydrogens is 348 g/mol. The summed E-state index contributed by atoms with van der Waals surface area (Å²) >= 11 is 1.82. The molecule has 1 aromatic carbocycles. The first kappa shape index (κ1) is 18.4. The van der Waals surface area contributed by atoms with Crippen LogP contribution in [-0.4, -0.2) is 72.8 Å². The SMILES string of the molecule is O=C(Nc1c(F)cccc1F)N1CCCSCC1CN1CCOCC1. The lowest BCUT2D eigenvalue weighted by molar-refractivity contribution is 0.0288. The summed E-state index contributed by atoms with van der Waals surface area (Å²) in [7, 11) is 0. The predicted octanol–water partition coefficient (Wildman–Crippen LogP) is 2.64. The molecule has 8 heteroatoms. The number of amides is 2. The van der Waals surface area contributed by atoms with Crippen LogP contribution in [0.25, 0.3) is 0 Å². The Balaban J connectivity index is 1.70. The number of nitrogens with one attached hydrogen (secondary N) is 1. The fraction of sp³-hybridized carbons (Fsp3) is 0.588. The van der Waals surface area contributed by atoms with E-state index in [4.69, 9.17) is 4.74 Å². The zero-order valence-corrected chi connectivity index (χ0v) is 14.9. The summed E-state index contributed by atoms with van der Waals surface area (Å²) in [4.78, 5) is 16.7. The van der Waals surface area contributed by atoms with Crippen molar-refractivity contribution in [1.29, 1.82) is 0 Å². The molecule has 25 heavy (non-hydrogen) atoms. The van der Waals surface area contributed by atoms with E-state index in [2.05, 4.69) is 10.2 Å². The number of hydrogen-bond acceptors (Lipinski definition) is 4. The third-order valence-corrected chi connectivity index (χ3v) is 5.66. The maximum absolute atomic E-state index is 13.8. The third-order valence-electron chi connectivity index (χ3n) is 4.47. The summed E-state index contributed by atoms with van der Waals surface area (Å²) < 4.78 is 33.0. The highest BCUT2D eigenvalue weighted by Gasteiger charge is 2.29. The van der Waals surface area contributed by atoms with Gasteiger partial charge in [0.1, 0.15) is 17.3 Å². The molecule has 2 aliphatic rings. The first-order valence-electron chi connectivity index (χ1n) is 8.54. The Kier molecular flexibility index (Phi) is 6.50. The van der Waals surface area contributed by atoms with Gasteiger partial charge in [-0.3, -0.25) is 4.90 Å². The average Bonchev–Trinajstić information content (AvgIpc) is 2.84. The summed E-state index contributed by atoms with van der Waals surface area (Å²) in [6.45, 7) is 4.43. The van der Waals surface area contributed by atoms with Gasteiger partial charge in [0.05, 0.1) is 19.3 Å². The van der Waals surface area contributed by atoms with Gasteiger partial charge in [-0.15, -0.1) is 0 Å². The number of ether oxygens (including phenoxy) is 1. The first-order valence-corrected chi connectivity index (χ1v) is 9.70. The van der Waals surface area contributed by atoms with Crippen molar-refractivity contribution in [3.05, 3.63) is 29.8 Å². The molecule has 0 aliphatic carbocycles. The Bertz CT molecular complexity index is 579. The number of morpholine rings is 1. The van der Waals surface area contributed by atoms with Crippen LogP contribution in [0.5, 0.6) is 0 Å². The van der Waals surface area contributed by atoms with Crippen molar-refractivity contribution in [2.45, 2.75) is 12.5 Å². The molecule has 2 aliphatic heterocycles. The monoisotopic (exact) mass is 371 g/mol. The van der Waals surface area contributed by atoms with Gasteiger partial charge in [0.15, 0.2) is 0 Å². The van der Waals surface area contributed by atoms with Crippen LogP contribution in [0.15, 0.2) is 18.2 Å². The lowest BCUT2D eigenvalue weighted by Gasteiger charge is -2.35. The summed E-state index contributed by atoms with van der Waals surface area (Å²) in [6, 6.07) is 3.14. The summed E-state index contributed by atoms with van der Waals surface area (Å²) in [5, 5.41) is 2.43. The highest BCUT2D eigenvalue weighted by molar-refractivity contribution is 7.99. The second-order valence-electron chi connectivity index (χ2n) is 6.22. The largest absolute Gasteiger partial charge is 0.379 e. The highest BCUT2D eigenvalue weighted by Crippen LogP contribution is 2.22. The Hall–Kier alpha value is -1.38. The van der Waals surface area contributed by atoms with Gasteiger partial charge in [-0.2, -0.15) is 11.8 Å². The minimum atomic E-state index is -0.762. The second kappa shape index (κ2) is 8.82. The number of benzene rings is 1. The molecule has 1 unspecified atom stereocenters. The van der Waals surface area contributed by atoms with Crippen LogP contribution < -0.4 is 5.32 Å². The number of hydrogen-bond donors (Lipinski definition) is 1. The topological polar surface area (TPSA) is 44.8 Å². The molecule has 0 spiro atoms. The molecule has 1 atom stereocenters. The smallest absolute Gasteiger partial charge is 0.322 e. The minimum absolute atomic E-state index is 0.0143. The summed E-state index contributed by atoms with van der Waals surface area (Å²) in [6.07, 6.45) is 0.872. The van der Waals surface area contributed by atoms with Gasteiger partial charge >= 0.3 is 6.03 Å². The van der Waals surface area contributed by atoms with Crippen molar-refractivity contribution < 1.29 is 18.3 Å². The third kappa shape index (κ3) is 4.83. The van der Waals surface area contributed by atoms with Crippen LogP contribution in [0.4, 0.5) is 19.3 Å². The lowest BCUT2D eigenvalue weighted by atomic mass is 10.2. The standard InChI is InChI=1S/C17H23F2N3O2S/c18-14-3-1-4-15(19)16(14)20-17(23)22-5-2-10-25-12-13(22)11-21-6-8-24-9-7-21/h1,3-4,13H,2,5-12H2,(H,20,23). The van der Waals surface area contributed by atoms with Gasteiger partial charge in [0.2, 0.25) is 0 Å². The second-order valence-corrected chi connectivity index (χ2v) is 7.37. The Morgan fingerprint density at radius 3 is 2.68 bits per heavy atom. The van der Waals surface area contributed by atoms with E-state index in [0.717, 1.165) is 49.7 Å². The van der Waals surface area contributed by atoms with Gasteiger partial charge in [0.25, 0.3) is 0 Å². The Morgan fingerprint density at radius 2 is 1.96 bits per heavy atom. The fourth-order valence-electron chi connectivity index (χ4n) is 3.13. The Labute approximate surface area is 150 Å². The number of anilines is 1. The minimum Gasteiger partial charge on any atom is -0.379 e. The molecule has 138 valence electrons. The molecule has 2 saturated heterocycles. The number of nitrogens with zero attached hydrogens (tertiary/aromatic N) is 2. The number of thioether (sulfide) groups is 1. The van der Waals surface area contributed by atoms with Crippen molar-refractivity contribution in [3.8, 4) is 0 Å². The molecule has 2 heterocycles. The molecule has 0 radical (unpaired) electrons. The van der Waals surface area contributed by atoms with E-state index in [-0.39, 0.29) is 11.7 Å². The zero-order valence-electron chi connectivity index (χ0n) is 14.0. The van der Waals surface area contributed by atoms with Crippen LogP contribution >= 0.6 is 11.8 Å². The van der Waals surface area contributed by atoms with E-state index in [1.807, 2.05) is 11.8 Å². The van der Waals surface area contributed by atoms with Gasteiger partial charge in [-0.1, -0.05) is 6.07 Å². The van der Waals surface area contributed by atoms with E-state index in [0.29, 0.717) is 19.8 Å². The zero-order chi connectivity index (χ0) is 17.6. The Morgan fingerprint density at radius 1 is 1.24 bits per heavy atom. The summed E-state index contributed by atoms with van der Waals surface area (Å²) in [5.41, 5.74) is -0.380. The highest BCUT2D eigenvalue weighted by atomic mass is 32.2. The van der Waals surface area contributed by atoms with Crippen LogP contribution in [0.1, 0.15) is 6.42 Å². The van der Waals surface area contributed by atoms with Gasteiger partial charge in [0, 0.05) is 31.9 Å². The molecule has 2 fully saturated rings. The van der Waals surface area contributed by atoms with Crippen molar-refractivity contribution in [1.82, 2.24) is 9.80 Å². The fourth-order valence-corrected chi connectivity index (χ4v) is 4.18. The van der Waals surface area contributed by atoms with Gasteiger partial charge in [-0.05, 0) is 24.3 Å². The number of carbonyl (C=O) groups is 1. The van der Waals surface area contributed by atoms with E-state index in [1.54, 1.807) is 4.90 Å². The predicted molar refractivity (Wildman–Crippen MR) is 95.1 cm³/mol. The maximum Gasteiger partial charge on any atom is 0.322 e. The molecule has 5 nitrogen and oxygen atoms in total. The average molecular weight is 371 g/mol. The van der Waals surface area contributed by atoms with E-state index < -0.39 is 17.7 Å². The van der Waals surface area contributed by atoms with Crippen LogP contribution in [0.2, 0.25) is 0 Å². The van der Waals surface area contributed by atoms with E-state index >= 15 is 0 Å². The number of para-hydroxylation sites is 1. The van der Waals surface area contributed by atoms with Gasteiger partial charge < -0.3 is 15.0 Å². The molecule has 1 aromatic rings. The van der Waals surface area contributed by atoms with E-state index in [1.165, 1.54) is 6.07 Å². The maximum atomic E-state index is 13.8. The number of carbonyl (C=O) groups excluding carboxylic acids is 1. The van der Waals surface area contributed by atoms with Crippen molar-refractivity contribution in [2.24, 2.45) is 0 Å². The lowest BCUT2D eigenvalue weighted by Crippen LogP contribution is -2.51. The molecule has 0 aromatic heterocycles. The van der Waals surface area contributed by atoms with E-state index in [9.17, 15) is 13.6 Å². The quantitative estimate of drug-likeness (QED) is 0.887. The molecule has 2 amide bonds. The van der Waals surface area contributed by atoms with Crippen LogP contribution in [0.3, 0.4) is 0 Å². The molecule has 0 saturated carbocycles. The number of urea groups is 1. The number of halogens is 2. The van der Waals surface area contributed by atoms with Crippen LogP contribution in [-0.2, 0) is 4.74 Å². The number of rotatable bonds is 3. The molecule has 1 N–H and O–H groups in total. The van der Waals surface area contributed by atoms with Crippen LogP contribution in [0, 0.1) is 11.6 Å². The van der Waals surface area contributed by atoms with Crippen molar-refractivity contribution in [3.63, 3.8) is 0 Å². The summed E-state index contributed by atoms with van der Waals surface area (Å²) in [5.74, 6) is 0.284. The van der Waals surface area contributed by atoms with Crippen molar-refractivity contribution in [2.75, 3.05) is 56.2 Å². The van der Waals surface area contributed by atoms with Gasteiger partial charge in [-0.25, -0.2) is 13.6 Å². The van der Waals surface area contributed by atoms with Crippen molar-refractivity contribution >= 4 is 23.5 Å². The molecule has 3 rings (SSSR count). The first-order chi connectivity index (χ1) is 12.1. The molecular formula is C17H23F2N3O2S.